The molecule has 0 radical (unpaired) electrons. The topological polar surface area (TPSA) is 77.1 Å². The molecule has 1 aliphatic heterocycles. The van der Waals surface area contributed by atoms with Gasteiger partial charge in [-0.25, -0.2) is 0 Å². The van der Waals surface area contributed by atoms with Crippen LogP contribution in [0.25, 0.3) is 0 Å². The van der Waals surface area contributed by atoms with Gasteiger partial charge in [0.15, 0.2) is 11.5 Å². The van der Waals surface area contributed by atoms with Gasteiger partial charge in [-0.05, 0) is 24.7 Å². The van der Waals surface area contributed by atoms with Gasteiger partial charge >= 0.3 is 37.4 Å². The summed E-state index contributed by atoms with van der Waals surface area (Å²) >= 11 is 0. The Kier molecular flexibility index (Phi) is 7.82. The van der Waals surface area contributed by atoms with Gasteiger partial charge in [-0.2, -0.15) is 0 Å². The number of benzene rings is 2. The maximum absolute atomic E-state index is 12.3. The van der Waals surface area contributed by atoms with Gasteiger partial charge in [-0.3, -0.25) is 4.57 Å². The predicted octanol–water partition coefficient (Wildman–Crippen LogP) is 2.60. The van der Waals surface area contributed by atoms with E-state index in [4.69, 9.17) is 19.1 Å². The Bertz CT molecular complexity index is 943. The molecule has 0 aliphatic carbocycles. The van der Waals surface area contributed by atoms with Crippen LogP contribution in [-0.4, -0.2) is 0 Å². The molecule has 1 heterocycles. The zero-order valence-electron chi connectivity index (χ0n) is 19.9. The summed E-state index contributed by atoms with van der Waals surface area (Å²) in [5.74, 6) is 0.777. The molecule has 0 saturated carbocycles. The van der Waals surface area contributed by atoms with Crippen molar-refractivity contribution in [3.63, 3.8) is 0 Å². The molecule has 6 nitrogen and oxygen atoms in total. The van der Waals surface area contributed by atoms with Crippen molar-refractivity contribution < 1.29 is 58.1 Å². The van der Waals surface area contributed by atoms with E-state index < -0.39 is 7.82 Å². The minimum absolute atomic E-state index is 0. The monoisotopic (exact) mass is 456 g/mol. The van der Waals surface area contributed by atoms with Crippen molar-refractivity contribution in [3.8, 4) is 11.5 Å². The summed E-state index contributed by atoms with van der Waals surface area (Å²) in [5, 5.41) is 0. The third-order valence-corrected chi connectivity index (χ3v) is 5.56. The van der Waals surface area contributed by atoms with Gasteiger partial charge in [0.1, 0.15) is 0 Å². The number of aryl methyl sites for hydroxylation is 2. The van der Waals surface area contributed by atoms with Crippen LogP contribution in [0.4, 0.5) is 0 Å². The molecule has 2 aromatic carbocycles. The van der Waals surface area contributed by atoms with Gasteiger partial charge in [0, 0.05) is 28.7 Å². The van der Waals surface area contributed by atoms with E-state index in [0.29, 0.717) is 17.9 Å². The molecule has 164 valence electrons. The first-order valence-electron chi connectivity index (χ1n) is 9.99. The first kappa shape index (κ1) is 26.4. The predicted molar refractivity (Wildman–Crippen MR) is 114 cm³/mol. The molecule has 0 atom stereocenters. The van der Waals surface area contributed by atoms with Crippen LogP contribution in [0, 0.1) is 13.8 Å². The Balaban J connectivity index is 0.00000341. The van der Waals surface area contributed by atoms with Crippen LogP contribution < -0.4 is 44.2 Å². The van der Waals surface area contributed by atoms with Crippen LogP contribution in [0.2, 0.25) is 0 Å². The fourth-order valence-corrected chi connectivity index (χ4v) is 4.01. The molecule has 0 spiro atoms. The normalized spacial score (nSPS) is 16.2. The molecular formula is C23H30NaO6P. The summed E-state index contributed by atoms with van der Waals surface area (Å²) in [6, 6.07) is 7.93. The van der Waals surface area contributed by atoms with E-state index in [0.717, 1.165) is 33.4 Å². The van der Waals surface area contributed by atoms with Crippen molar-refractivity contribution in [1.82, 2.24) is 0 Å². The van der Waals surface area contributed by atoms with Crippen molar-refractivity contribution in [2.45, 2.75) is 72.6 Å². The van der Waals surface area contributed by atoms with Gasteiger partial charge in [0.05, 0.1) is 0 Å². The van der Waals surface area contributed by atoms with E-state index in [2.05, 4.69) is 0 Å². The van der Waals surface area contributed by atoms with Crippen molar-refractivity contribution >= 4 is 7.82 Å². The smallest absolute Gasteiger partial charge is 0.751 e. The maximum atomic E-state index is 12.3. The molecule has 0 bridgehead atoms. The van der Waals surface area contributed by atoms with Crippen LogP contribution in [0.5, 0.6) is 11.5 Å². The van der Waals surface area contributed by atoms with E-state index in [-0.39, 0.29) is 40.4 Å². The molecule has 8 heteroatoms. The van der Waals surface area contributed by atoms with Gasteiger partial charge in [-0.1, -0.05) is 76.9 Å². The van der Waals surface area contributed by atoms with E-state index in [1.807, 2.05) is 79.7 Å². The summed E-state index contributed by atoms with van der Waals surface area (Å²) in [6.45, 7) is 16.2. The summed E-state index contributed by atoms with van der Waals surface area (Å²) in [6.07, 6.45) is 0.468. The average molecular weight is 456 g/mol. The molecule has 2 aromatic rings. The number of phosphoric acid groups is 1. The number of hydrogen-bond donors (Lipinski definition) is 0. The summed E-state index contributed by atoms with van der Waals surface area (Å²) in [7, 11) is -4.88. The minimum Gasteiger partial charge on any atom is -0.751 e. The van der Waals surface area contributed by atoms with Crippen LogP contribution in [0.3, 0.4) is 0 Å². The average Bonchev–Trinajstić information content (AvgIpc) is 2.57. The zero-order chi connectivity index (χ0) is 22.5. The van der Waals surface area contributed by atoms with E-state index >= 15 is 0 Å². The second kappa shape index (κ2) is 9.18. The SMILES string of the molecule is Cc1cc2c(c(C(C)(C)C)c1)OOP(=O)([O-])OOc1c(cc(C)cc1C(C)(C)C)C2.[Na+]. The molecule has 0 aromatic heterocycles. The van der Waals surface area contributed by atoms with Crippen molar-refractivity contribution in [1.29, 1.82) is 0 Å². The number of fused-ring (bicyclic) bond motifs is 2. The molecule has 0 fully saturated rings. The molecular weight excluding hydrogens is 426 g/mol. The first-order chi connectivity index (χ1) is 13.7. The Morgan fingerprint density at radius 1 is 0.774 bits per heavy atom. The fraction of sp³-hybridized carbons (Fsp3) is 0.478. The maximum Gasteiger partial charge on any atom is 1.00 e. The van der Waals surface area contributed by atoms with Crippen LogP contribution in [0.15, 0.2) is 24.3 Å². The second-order valence-electron chi connectivity index (χ2n) is 10.0. The van der Waals surface area contributed by atoms with Crippen LogP contribution in [-0.2, 0) is 31.2 Å². The van der Waals surface area contributed by atoms with Crippen molar-refractivity contribution in [3.05, 3.63) is 57.6 Å². The van der Waals surface area contributed by atoms with Crippen molar-refractivity contribution in [2.75, 3.05) is 0 Å². The quantitative estimate of drug-likeness (QED) is 0.345. The minimum atomic E-state index is -4.88. The third kappa shape index (κ3) is 6.14. The van der Waals surface area contributed by atoms with E-state index in [1.54, 1.807) is 0 Å². The second-order valence-corrected chi connectivity index (χ2v) is 11.2. The van der Waals surface area contributed by atoms with Gasteiger partial charge in [0.2, 0.25) is 0 Å². The summed E-state index contributed by atoms with van der Waals surface area (Å²) in [4.78, 5) is 23.0. The van der Waals surface area contributed by atoms with Crippen molar-refractivity contribution in [2.24, 2.45) is 0 Å². The molecule has 1 aliphatic rings. The standard InChI is InChI=1S/C23H31O6P.Na/c1-14-9-16-13-17-10-15(2)12-19(23(6,7)8)21(17)27-29-30(24,25)28-26-20(16)18(11-14)22(3,4)5;/h9-12H,13H2,1-8H3,(H,24,25);/q;+1/p-1. The van der Waals surface area contributed by atoms with Crippen LogP contribution >= 0.6 is 7.82 Å². The first-order valence-corrected chi connectivity index (χ1v) is 11.4. The van der Waals surface area contributed by atoms with Gasteiger partial charge < -0.3 is 14.7 Å². The molecule has 31 heavy (non-hydrogen) atoms. The fourth-order valence-electron chi connectivity index (χ4n) is 3.65. The zero-order valence-corrected chi connectivity index (χ0v) is 22.8. The van der Waals surface area contributed by atoms with Gasteiger partial charge in [-0.15, -0.1) is 9.35 Å². The molecule has 0 saturated heterocycles. The Labute approximate surface area is 207 Å². The molecule has 0 amide bonds. The summed E-state index contributed by atoms with van der Waals surface area (Å²) in [5.41, 5.74) is 4.85. The molecule has 0 N–H and O–H groups in total. The number of hydrogen-bond acceptors (Lipinski definition) is 6. The Morgan fingerprint density at radius 2 is 1.13 bits per heavy atom. The Hall–Kier alpha value is -0.850. The molecule has 0 unspecified atom stereocenters. The van der Waals surface area contributed by atoms with Crippen LogP contribution in [0.1, 0.15) is 74.9 Å². The third-order valence-electron chi connectivity index (χ3n) is 5.04. The summed E-state index contributed by atoms with van der Waals surface area (Å²) < 4.78 is 21.7. The largest absolute Gasteiger partial charge is 1.00 e. The van der Waals surface area contributed by atoms with E-state index in [1.165, 1.54) is 0 Å². The van der Waals surface area contributed by atoms with E-state index in [9.17, 15) is 9.46 Å². The Morgan fingerprint density at radius 3 is 1.45 bits per heavy atom. The molecule has 3 rings (SSSR count). The number of rotatable bonds is 0. The van der Waals surface area contributed by atoms with Gasteiger partial charge in [0.25, 0.3) is 0 Å².